The molecule has 2 saturated heterocycles. The fraction of sp³-hybridized carbons (Fsp3) is 0.545. The molecule has 0 radical (unpaired) electrons. The van der Waals surface area contributed by atoms with Crippen LogP contribution in [0.2, 0.25) is 10.0 Å². The third-order valence-corrected chi connectivity index (χ3v) is 6.51. The Bertz CT molecular complexity index is 969. The van der Waals surface area contributed by atoms with Gasteiger partial charge in [0, 0.05) is 18.1 Å². The zero-order chi connectivity index (χ0) is 25.9. The van der Waals surface area contributed by atoms with Crippen LogP contribution in [0.3, 0.4) is 0 Å². The van der Waals surface area contributed by atoms with E-state index in [1.807, 2.05) is 25.8 Å². The van der Waals surface area contributed by atoms with Crippen molar-refractivity contribution in [2.24, 2.45) is 5.92 Å². The van der Waals surface area contributed by atoms with Crippen molar-refractivity contribution in [2.75, 3.05) is 33.7 Å². The van der Waals surface area contributed by atoms with E-state index in [4.69, 9.17) is 32.5 Å². The van der Waals surface area contributed by atoms with Crippen molar-refractivity contribution in [3.05, 3.63) is 33.8 Å². The van der Waals surface area contributed by atoms with Gasteiger partial charge in [-0.1, -0.05) is 37.0 Å². The molecule has 1 unspecified atom stereocenters. The van der Waals surface area contributed by atoms with Gasteiger partial charge in [-0.2, -0.15) is 0 Å². The van der Waals surface area contributed by atoms with Gasteiger partial charge in [-0.25, -0.2) is 0 Å². The van der Waals surface area contributed by atoms with Gasteiger partial charge in [0.15, 0.2) is 0 Å². The van der Waals surface area contributed by atoms with Crippen molar-refractivity contribution in [1.82, 2.24) is 20.4 Å². The van der Waals surface area contributed by atoms with E-state index in [9.17, 15) is 19.2 Å². The molecule has 2 bridgehead atoms. The minimum Gasteiger partial charge on any atom is -0.497 e. The molecule has 190 valence electrons. The SMILES string of the molecule is CC(C)CC(NC(=O)CNC(=O)c1cc(Cl)ccc1Cl)B1OC(=O)[C@H]2CN(C)C[C@@H](C(=O)O1)N2C. The highest BCUT2D eigenvalue weighted by atomic mass is 35.5. The summed E-state index contributed by atoms with van der Waals surface area (Å²) < 4.78 is 11.1. The Morgan fingerprint density at radius 1 is 1.11 bits per heavy atom. The Balaban J connectivity index is 1.69. The van der Waals surface area contributed by atoms with E-state index >= 15 is 0 Å². The van der Waals surface area contributed by atoms with E-state index in [-0.39, 0.29) is 23.0 Å². The molecule has 3 rings (SSSR count). The maximum absolute atomic E-state index is 12.9. The summed E-state index contributed by atoms with van der Waals surface area (Å²) >= 11 is 12.0. The van der Waals surface area contributed by atoms with E-state index < -0.39 is 48.9 Å². The molecular formula is C22H29BCl2N4O6. The number of likely N-dealkylation sites (N-methyl/N-ethyl adjacent to an activating group) is 2. The summed E-state index contributed by atoms with van der Waals surface area (Å²) in [6.07, 6.45) is 0.371. The van der Waals surface area contributed by atoms with Crippen LogP contribution < -0.4 is 10.6 Å². The number of piperazine rings is 1. The largest absolute Gasteiger partial charge is 0.622 e. The molecule has 2 aliphatic rings. The smallest absolute Gasteiger partial charge is 0.497 e. The third-order valence-electron chi connectivity index (χ3n) is 5.94. The number of fused-ring (bicyclic) bond motifs is 2. The number of nitrogens with zero attached hydrogens (tertiary/aromatic N) is 2. The molecule has 2 N–H and O–H groups in total. The summed E-state index contributed by atoms with van der Waals surface area (Å²) in [4.78, 5) is 54.4. The number of carbonyl (C=O) groups is 4. The Kier molecular flexibility index (Phi) is 9.03. The molecular weight excluding hydrogens is 498 g/mol. The zero-order valence-electron chi connectivity index (χ0n) is 20.0. The lowest BCUT2D eigenvalue weighted by molar-refractivity contribution is -0.159. The highest BCUT2D eigenvalue weighted by Gasteiger charge is 2.49. The minimum absolute atomic E-state index is 0.0799. The molecule has 13 heteroatoms. The average molecular weight is 527 g/mol. The fourth-order valence-electron chi connectivity index (χ4n) is 4.13. The predicted octanol–water partition coefficient (Wildman–Crippen LogP) is 0.996. The van der Waals surface area contributed by atoms with Crippen LogP contribution in [0.1, 0.15) is 30.6 Å². The fourth-order valence-corrected chi connectivity index (χ4v) is 4.50. The topological polar surface area (TPSA) is 117 Å². The minimum atomic E-state index is -1.29. The van der Waals surface area contributed by atoms with Crippen LogP contribution in [0, 0.1) is 5.92 Å². The number of carbonyl (C=O) groups excluding carboxylic acids is 4. The van der Waals surface area contributed by atoms with Crippen LogP contribution in [-0.4, -0.2) is 92.4 Å². The molecule has 35 heavy (non-hydrogen) atoms. The Hall–Kier alpha value is -2.34. The van der Waals surface area contributed by atoms with Crippen LogP contribution in [0.5, 0.6) is 0 Å². The van der Waals surface area contributed by atoms with E-state index in [2.05, 4.69) is 10.6 Å². The molecule has 1 aromatic carbocycles. The molecule has 2 heterocycles. The highest BCUT2D eigenvalue weighted by molar-refractivity contribution is 6.51. The number of benzene rings is 1. The van der Waals surface area contributed by atoms with Gasteiger partial charge in [0.2, 0.25) is 5.91 Å². The van der Waals surface area contributed by atoms with Crippen molar-refractivity contribution in [2.45, 2.75) is 38.3 Å². The highest BCUT2D eigenvalue weighted by Crippen LogP contribution is 2.22. The summed E-state index contributed by atoms with van der Waals surface area (Å²) in [7, 11) is 2.22. The number of amides is 2. The summed E-state index contributed by atoms with van der Waals surface area (Å²) in [6, 6.07) is 3.17. The van der Waals surface area contributed by atoms with Gasteiger partial charge in [0.05, 0.1) is 23.1 Å². The van der Waals surface area contributed by atoms with E-state index in [0.717, 1.165) is 0 Å². The molecule has 0 aliphatic carbocycles. The zero-order valence-corrected chi connectivity index (χ0v) is 21.6. The van der Waals surface area contributed by atoms with E-state index in [1.165, 1.54) is 12.1 Å². The molecule has 2 amide bonds. The first kappa shape index (κ1) is 27.3. The van der Waals surface area contributed by atoms with Gasteiger partial charge >= 0.3 is 19.1 Å². The molecule has 2 aliphatic heterocycles. The van der Waals surface area contributed by atoms with Crippen LogP contribution in [0.15, 0.2) is 18.2 Å². The van der Waals surface area contributed by atoms with Gasteiger partial charge in [0.1, 0.15) is 12.1 Å². The number of rotatable bonds is 7. The molecule has 0 aromatic heterocycles. The van der Waals surface area contributed by atoms with Gasteiger partial charge in [-0.15, -0.1) is 0 Å². The molecule has 10 nitrogen and oxygen atoms in total. The van der Waals surface area contributed by atoms with Crippen molar-refractivity contribution in [3.63, 3.8) is 0 Å². The average Bonchev–Trinajstić information content (AvgIpc) is 2.78. The summed E-state index contributed by atoms with van der Waals surface area (Å²) in [5.74, 6) is -2.91. The maximum Gasteiger partial charge on any atom is 0.622 e. The number of halogens is 2. The number of hydrogen-bond acceptors (Lipinski definition) is 8. The lowest BCUT2D eigenvalue weighted by atomic mass is 9.73. The summed E-state index contributed by atoms with van der Waals surface area (Å²) in [5.41, 5.74) is 0.134. The second-order valence-corrected chi connectivity index (χ2v) is 10.1. The van der Waals surface area contributed by atoms with Crippen molar-refractivity contribution < 1.29 is 28.5 Å². The van der Waals surface area contributed by atoms with Gasteiger partial charge in [-0.3, -0.25) is 24.1 Å². The van der Waals surface area contributed by atoms with Gasteiger partial charge in [0.25, 0.3) is 5.91 Å². The van der Waals surface area contributed by atoms with Crippen molar-refractivity contribution >= 4 is 54.1 Å². The third kappa shape index (κ3) is 6.87. The quantitative estimate of drug-likeness (QED) is 0.505. The lowest BCUT2D eigenvalue weighted by Gasteiger charge is -2.43. The second-order valence-electron chi connectivity index (χ2n) is 9.27. The van der Waals surface area contributed by atoms with Crippen LogP contribution in [0.4, 0.5) is 0 Å². The maximum atomic E-state index is 12.9. The first-order chi connectivity index (χ1) is 16.5. The molecule has 1 aromatic rings. The first-order valence-electron chi connectivity index (χ1n) is 11.3. The van der Waals surface area contributed by atoms with Crippen molar-refractivity contribution in [1.29, 1.82) is 0 Å². The Labute approximate surface area is 214 Å². The number of nitrogens with one attached hydrogen (secondary N) is 2. The van der Waals surface area contributed by atoms with E-state index in [0.29, 0.717) is 24.5 Å². The number of hydrogen-bond donors (Lipinski definition) is 2. The van der Waals surface area contributed by atoms with Gasteiger partial charge in [-0.05, 0) is 44.6 Å². The molecule has 2 fully saturated rings. The Morgan fingerprint density at radius 3 is 2.29 bits per heavy atom. The standard InChI is InChI=1S/C22H29BCl2N4O6/c1-12(2)7-18(27-19(30)9-26-20(31)14-8-13(24)5-6-15(14)25)23-34-21(32)16-10-28(3)11-17(29(16)4)22(33)35-23/h5-6,8,12,16-18H,7,9-11H2,1-4H3,(H,26,31)(H,27,30)/t16-,17+,18?. The summed E-state index contributed by atoms with van der Waals surface area (Å²) in [6.45, 7) is 4.29. The Morgan fingerprint density at radius 2 is 1.71 bits per heavy atom. The van der Waals surface area contributed by atoms with Crippen LogP contribution in [0.25, 0.3) is 0 Å². The molecule has 3 atom stereocenters. The monoisotopic (exact) mass is 526 g/mol. The van der Waals surface area contributed by atoms with Crippen molar-refractivity contribution in [3.8, 4) is 0 Å². The molecule has 0 saturated carbocycles. The normalized spacial score (nSPS) is 22.1. The lowest BCUT2D eigenvalue weighted by Crippen LogP contribution is -2.66. The van der Waals surface area contributed by atoms with E-state index in [1.54, 1.807) is 18.0 Å². The summed E-state index contributed by atoms with van der Waals surface area (Å²) in [5, 5.41) is 5.75. The van der Waals surface area contributed by atoms with Crippen LogP contribution in [-0.2, 0) is 23.7 Å². The van der Waals surface area contributed by atoms with Crippen LogP contribution >= 0.6 is 23.2 Å². The van der Waals surface area contributed by atoms with Gasteiger partial charge < -0.3 is 24.8 Å². The second kappa shape index (κ2) is 11.6. The molecule has 0 spiro atoms. The predicted molar refractivity (Wildman–Crippen MR) is 131 cm³/mol. The first-order valence-corrected chi connectivity index (χ1v) is 12.1.